The van der Waals surface area contributed by atoms with Crippen molar-refractivity contribution in [3.63, 3.8) is 0 Å². The predicted molar refractivity (Wildman–Crippen MR) is 137 cm³/mol. The molecule has 7 nitrogen and oxygen atoms in total. The number of halogens is 4. The van der Waals surface area contributed by atoms with Gasteiger partial charge in [0.05, 0.1) is 4.90 Å². The highest BCUT2D eigenvalue weighted by atomic mass is 32.2. The van der Waals surface area contributed by atoms with Gasteiger partial charge in [-0.15, -0.1) is 0 Å². The third kappa shape index (κ3) is 7.20. The number of hydrogen-bond donors (Lipinski definition) is 0. The summed E-state index contributed by atoms with van der Waals surface area (Å²) in [7, 11) is -3.42. The molecule has 2 aromatic carbocycles. The van der Waals surface area contributed by atoms with E-state index in [1.54, 1.807) is 36.7 Å². The summed E-state index contributed by atoms with van der Waals surface area (Å²) in [6.07, 6.45) is 5.92. The minimum absolute atomic E-state index is 0.0802. The first-order chi connectivity index (χ1) is 19.0. The van der Waals surface area contributed by atoms with Gasteiger partial charge in [0.1, 0.15) is 0 Å². The van der Waals surface area contributed by atoms with E-state index in [0.29, 0.717) is 17.7 Å². The molecule has 0 aliphatic carbocycles. The van der Waals surface area contributed by atoms with Crippen molar-refractivity contribution in [3.8, 4) is 11.5 Å². The van der Waals surface area contributed by atoms with Crippen LogP contribution in [0.5, 0.6) is 11.5 Å². The van der Waals surface area contributed by atoms with E-state index in [-0.39, 0.29) is 21.8 Å². The molecule has 1 atom stereocenters. The Balaban J connectivity index is 1.68. The monoisotopic (exact) mass is 574 g/mol. The Morgan fingerprint density at radius 2 is 1.45 bits per heavy atom. The molecular weight excluding hydrogens is 552 g/mol. The molecule has 4 aromatic rings. The number of carbonyl (C=O) groups is 1. The van der Waals surface area contributed by atoms with Crippen LogP contribution in [0.1, 0.15) is 38.7 Å². The molecule has 0 bridgehead atoms. The van der Waals surface area contributed by atoms with Crippen molar-refractivity contribution in [1.82, 2.24) is 9.97 Å². The summed E-state index contributed by atoms with van der Waals surface area (Å²) < 4.78 is 83.8. The maximum atomic E-state index is 13.0. The van der Waals surface area contributed by atoms with E-state index >= 15 is 0 Å². The number of nitrogens with zero attached hydrogens (tertiary/aromatic N) is 2. The molecule has 0 spiro atoms. The fourth-order valence-corrected chi connectivity index (χ4v) is 4.67. The SMILES string of the molecule is CS(=O)(=O)c1ccc(C(=O)c2ccc(C(Cc3ccncc3)c3ccc(OC(F)F)c(OC(F)F)c3)nc2)cc1. The van der Waals surface area contributed by atoms with Gasteiger partial charge in [0.25, 0.3) is 0 Å². The molecule has 2 aromatic heterocycles. The Hall–Kier alpha value is -4.32. The molecule has 0 fully saturated rings. The number of pyridine rings is 2. The Kier molecular flexibility index (Phi) is 8.78. The van der Waals surface area contributed by atoms with E-state index in [9.17, 15) is 30.8 Å². The number of sulfone groups is 1. The molecule has 12 heteroatoms. The third-order valence-corrected chi connectivity index (χ3v) is 7.07. The number of aromatic nitrogens is 2. The summed E-state index contributed by atoms with van der Waals surface area (Å²) in [6, 6.07) is 15.9. The lowest BCUT2D eigenvalue weighted by Crippen LogP contribution is -2.11. The predicted octanol–water partition coefficient (Wildman–Crippen LogP) is 5.69. The van der Waals surface area contributed by atoms with Crippen LogP contribution in [0.15, 0.2) is 90.2 Å². The van der Waals surface area contributed by atoms with E-state index in [1.165, 1.54) is 42.6 Å². The van der Waals surface area contributed by atoms with Gasteiger partial charge in [-0.3, -0.25) is 14.8 Å². The van der Waals surface area contributed by atoms with Crippen LogP contribution in [0, 0.1) is 0 Å². The van der Waals surface area contributed by atoms with Crippen LogP contribution in [0.4, 0.5) is 17.6 Å². The van der Waals surface area contributed by atoms with Crippen LogP contribution in [-0.2, 0) is 16.3 Å². The van der Waals surface area contributed by atoms with E-state index in [1.807, 2.05) is 0 Å². The molecule has 0 aliphatic rings. The molecule has 0 amide bonds. The van der Waals surface area contributed by atoms with Crippen LogP contribution in [0.25, 0.3) is 0 Å². The van der Waals surface area contributed by atoms with Crippen LogP contribution < -0.4 is 9.47 Å². The number of ketones is 1. The first kappa shape index (κ1) is 28.7. The van der Waals surface area contributed by atoms with Crippen LogP contribution in [-0.4, -0.2) is 43.6 Å². The van der Waals surface area contributed by atoms with Gasteiger partial charge in [0, 0.05) is 47.6 Å². The van der Waals surface area contributed by atoms with E-state index < -0.39 is 40.5 Å². The highest BCUT2D eigenvalue weighted by Crippen LogP contribution is 2.36. The fraction of sp³-hybridized carbons (Fsp3) is 0.179. The average molecular weight is 575 g/mol. The Morgan fingerprint density at radius 3 is 2.02 bits per heavy atom. The molecule has 4 rings (SSSR count). The molecule has 0 aliphatic heterocycles. The maximum Gasteiger partial charge on any atom is 0.387 e. The Labute approximate surface area is 227 Å². The first-order valence-corrected chi connectivity index (χ1v) is 13.6. The van der Waals surface area contributed by atoms with Gasteiger partial charge in [0.2, 0.25) is 0 Å². The second kappa shape index (κ2) is 12.2. The zero-order chi connectivity index (χ0) is 28.9. The smallest absolute Gasteiger partial charge is 0.387 e. The zero-order valence-electron chi connectivity index (χ0n) is 20.9. The van der Waals surface area contributed by atoms with Gasteiger partial charge in [0.15, 0.2) is 27.1 Å². The summed E-state index contributed by atoms with van der Waals surface area (Å²) in [4.78, 5) is 21.5. The number of hydrogen-bond acceptors (Lipinski definition) is 7. The maximum absolute atomic E-state index is 13.0. The number of alkyl halides is 4. The van der Waals surface area contributed by atoms with Crippen molar-refractivity contribution in [1.29, 1.82) is 0 Å². The normalized spacial score (nSPS) is 12.4. The van der Waals surface area contributed by atoms with Gasteiger partial charge in [-0.05, 0) is 78.2 Å². The molecule has 0 N–H and O–H groups in total. The largest absolute Gasteiger partial charge is 0.431 e. The zero-order valence-corrected chi connectivity index (χ0v) is 21.7. The molecule has 0 saturated carbocycles. The summed E-state index contributed by atoms with van der Waals surface area (Å²) in [6.45, 7) is -6.52. The topological polar surface area (TPSA) is 95.5 Å². The number of rotatable bonds is 11. The van der Waals surface area contributed by atoms with Crippen molar-refractivity contribution in [2.75, 3.05) is 6.26 Å². The average Bonchev–Trinajstić information content (AvgIpc) is 2.92. The third-order valence-electron chi connectivity index (χ3n) is 5.94. The van der Waals surface area contributed by atoms with Crippen LogP contribution in [0.2, 0.25) is 0 Å². The minimum atomic E-state index is -3.42. The van der Waals surface area contributed by atoms with Gasteiger partial charge >= 0.3 is 13.2 Å². The number of benzene rings is 2. The molecule has 208 valence electrons. The van der Waals surface area contributed by atoms with Crippen molar-refractivity contribution in [3.05, 3.63) is 113 Å². The molecule has 0 radical (unpaired) electrons. The van der Waals surface area contributed by atoms with Crippen LogP contribution >= 0.6 is 0 Å². The quantitative estimate of drug-likeness (QED) is 0.168. The standard InChI is InChI=1S/C28H22F4N2O5S/c1-40(36,37)21-6-2-18(3-7-21)26(35)20-4-8-23(34-16-20)22(14-17-10-12-33-13-11-17)19-5-9-24(38-27(29)30)25(15-19)39-28(31)32/h2-13,15-16,22,27-28H,14H2,1H3. The first-order valence-electron chi connectivity index (χ1n) is 11.7. The summed E-state index contributed by atoms with van der Waals surface area (Å²) in [5.74, 6) is -2.04. The van der Waals surface area contributed by atoms with Crippen LogP contribution in [0.3, 0.4) is 0 Å². The van der Waals surface area contributed by atoms with Gasteiger partial charge in [-0.2, -0.15) is 17.6 Å². The summed E-state index contributed by atoms with van der Waals surface area (Å²) in [5, 5.41) is 0. The lowest BCUT2D eigenvalue weighted by Gasteiger charge is -2.20. The molecule has 2 heterocycles. The minimum Gasteiger partial charge on any atom is -0.431 e. The Bertz CT molecular complexity index is 1570. The summed E-state index contributed by atoms with van der Waals surface area (Å²) >= 11 is 0. The van der Waals surface area contributed by atoms with Crippen molar-refractivity contribution < 1.29 is 40.2 Å². The second-order valence-corrected chi connectivity index (χ2v) is 10.7. The fourth-order valence-electron chi connectivity index (χ4n) is 4.04. The lowest BCUT2D eigenvalue weighted by molar-refractivity contribution is -0.0692. The van der Waals surface area contributed by atoms with Gasteiger partial charge in [-0.25, -0.2) is 8.42 Å². The van der Waals surface area contributed by atoms with E-state index in [4.69, 9.17) is 0 Å². The van der Waals surface area contributed by atoms with Crippen molar-refractivity contribution >= 4 is 15.6 Å². The van der Waals surface area contributed by atoms with Crippen molar-refractivity contribution in [2.24, 2.45) is 0 Å². The van der Waals surface area contributed by atoms with Gasteiger partial charge < -0.3 is 9.47 Å². The van der Waals surface area contributed by atoms with E-state index in [2.05, 4.69) is 19.4 Å². The second-order valence-electron chi connectivity index (χ2n) is 8.67. The Morgan fingerprint density at radius 1 is 0.825 bits per heavy atom. The number of ether oxygens (including phenoxy) is 2. The molecule has 0 saturated heterocycles. The highest BCUT2D eigenvalue weighted by molar-refractivity contribution is 7.90. The lowest BCUT2D eigenvalue weighted by atomic mass is 9.88. The van der Waals surface area contributed by atoms with Crippen molar-refractivity contribution in [2.45, 2.75) is 30.5 Å². The summed E-state index contributed by atoms with van der Waals surface area (Å²) in [5.41, 5.74) is 2.22. The van der Waals surface area contributed by atoms with E-state index in [0.717, 1.165) is 17.9 Å². The highest BCUT2D eigenvalue weighted by Gasteiger charge is 2.22. The molecule has 1 unspecified atom stereocenters. The van der Waals surface area contributed by atoms with Gasteiger partial charge in [-0.1, -0.05) is 6.07 Å². The molecule has 40 heavy (non-hydrogen) atoms. The number of carbonyl (C=O) groups excluding carboxylic acids is 1. The molecular formula is C28H22F4N2O5S.